The van der Waals surface area contributed by atoms with Crippen molar-refractivity contribution in [1.82, 2.24) is 0 Å². The highest BCUT2D eigenvalue weighted by Gasteiger charge is 2.43. The zero-order valence-corrected chi connectivity index (χ0v) is 32.3. The van der Waals surface area contributed by atoms with Crippen molar-refractivity contribution >= 4 is 89.9 Å². The number of anilines is 6. The molecule has 3 aliphatic rings. The third kappa shape index (κ3) is 4.88. The minimum Gasteiger partial charge on any atom is -0.458 e. The Morgan fingerprint density at radius 2 is 1.37 bits per heavy atom. The van der Waals surface area contributed by atoms with Gasteiger partial charge in [-0.3, -0.25) is 0 Å². The van der Waals surface area contributed by atoms with Crippen LogP contribution in [0, 0.1) is 20.8 Å². The molecule has 0 bridgehead atoms. The topological polar surface area (TPSA) is 28.9 Å². The molecule has 0 atom stereocenters. The third-order valence-electron chi connectivity index (χ3n) is 12.6. The van der Waals surface area contributed by atoms with Gasteiger partial charge in [-0.05, 0) is 128 Å². The van der Waals surface area contributed by atoms with Gasteiger partial charge < -0.3 is 19.0 Å². The van der Waals surface area contributed by atoms with Gasteiger partial charge in [-0.2, -0.15) is 0 Å². The fraction of sp³-hybridized carbons (Fsp3) is 0.115. The van der Waals surface area contributed by atoms with Gasteiger partial charge in [-0.15, -0.1) is 0 Å². The van der Waals surface area contributed by atoms with Crippen LogP contribution in [-0.2, 0) is 12.8 Å². The van der Waals surface area contributed by atoms with Crippen LogP contribution in [0.5, 0.6) is 11.5 Å². The first-order chi connectivity index (χ1) is 28.0. The summed E-state index contributed by atoms with van der Waals surface area (Å²) in [5, 5.41) is 4.67. The van der Waals surface area contributed by atoms with Crippen LogP contribution in [0.1, 0.15) is 34.2 Å². The van der Waals surface area contributed by atoms with Crippen molar-refractivity contribution in [2.75, 3.05) is 9.80 Å². The van der Waals surface area contributed by atoms with Gasteiger partial charge >= 0.3 is 0 Å². The molecule has 4 nitrogen and oxygen atoms in total. The lowest BCUT2D eigenvalue weighted by atomic mass is 9.34. The van der Waals surface area contributed by atoms with Gasteiger partial charge in [0.25, 0.3) is 6.71 Å². The summed E-state index contributed by atoms with van der Waals surface area (Å²) in [7, 11) is 0. The highest BCUT2D eigenvalue weighted by atomic mass is 16.5. The SMILES string of the molecule is Cc1ccc(N2c3ccc(C)cc3B3c4cc5oc6c7c(ccc6c5cc4Oc4cc(N(c5ccc(C)cc5)c5cccc6ccccc56)cc2c43)CCC7)cc1. The first-order valence-electron chi connectivity index (χ1n) is 20.2. The second kappa shape index (κ2) is 12.1. The van der Waals surface area contributed by atoms with Crippen molar-refractivity contribution in [3.05, 3.63) is 173 Å². The molecule has 12 rings (SSSR count). The van der Waals surface area contributed by atoms with Gasteiger partial charge in [0.15, 0.2) is 0 Å². The van der Waals surface area contributed by atoms with E-state index in [4.69, 9.17) is 9.15 Å². The van der Waals surface area contributed by atoms with Crippen molar-refractivity contribution in [3.8, 4) is 11.5 Å². The van der Waals surface area contributed by atoms with Gasteiger partial charge in [0, 0.05) is 45.0 Å². The molecule has 1 aliphatic carbocycles. The molecule has 1 aromatic heterocycles. The minimum atomic E-state index is -0.0573. The van der Waals surface area contributed by atoms with Crippen LogP contribution in [0.25, 0.3) is 32.7 Å². The number of hydrogen-bond donors (Lipinski definition) is 0. The molecule has 0 saturated carbocycles. The minimum absolute atomic E-state index is 0.0573. The van der Waals surface area contributed by atoms with Crippen LogP contribution in [0.3, 0.4) is 0 Å². The normalized spacial score (nSPS) is 13.7. The van der Waals surface area contributed by atoms with Gasteiger partial charge in [0.2, 0.25) is 0 Å². The summed E-state index contributed by atoms with van der Waals surface area (Å²) in [6.45, 7) is 6.44. The zero-order valence-electron chi connectivity index (χ0n) is 32.3. The number of hydrogen-bond acceptors (Lipinski definition) is 4. The number of benzene rings is 8. The van der Waals surface area contributed by atoms with E-state index in [9.17, 15) is 0 Å². The van der Waals surface area contributed by atoms with E-state index >= 15 is 0 Å². The van der Waals surface area contributed by atoms with Crippen LogP contribution in [0.4, 0.5) is 34.1 Å². The van der Waals surface area contributed by atoms with Crippen LogP contribution in [0.15, 0.2) is 150 Å². The molecule has 272 valence electrons. The molecule has 0 amide bonds. The summed E-state index contributed by atoms with van der Waals surface area (Å²) in [5.74, 6) is 1.75. The van der Waals surface area contributed by atoms with Crippen molar-refractivity contribution in [1.29, 1.82) is 0 Å². The summed E-state index contributed by atoms with van der Waals surface area (Å²) in [6, 6.07) is 53.7. The molecule has 0 N–H and O–H groups in total. The van der Waals surface area contributed by atoms with Crippen LogP contribution in [-0.4, -0.2) is 6.71 Å². The molecule has 0 unspecified atom stereocenters. The average molecular weight is 735 g/mol. The van der Waals surface area contributed by atoms with Crippen LogP contribution in [0.2, 0.25) is 0 Å². The molecule has 9 aromatic rings. The van der Waals surface area contributed by atoms with Crippen LogP contribution >= 0.6 is 0 Å². The van der Waals surface area contributed by atoms with E-state index in [0.29, 0.717) is 0 Å². The molecule has 2 aliphatic heterocycles. The largest absolute Gasteiger partial charge is 0.458 e. The van der Waals surface area contributed by atoms with E-state index in [2.05, 4.69) is 176 Å². The van der Waals surface area contributed by atoms with Crippen LogP contribution < -0.4 is 30.9 Å². The molecule has 0 saturated heterocycles. The highest BCUT2D eigenvalue weighted by Crippen LogP contribution is 2.48. The predicted octanol–water partition coefficient (Wildman–Crippen LogP) is 12.0. The standard InChI is InChI=1S/C52H39BN2O2/c1-31-14-20-36(21-15-31)54(45-13-7-10-34-8-4-5-11-39(34)45)38-27-47-51-50(28-38)56-49-29-42-41-24-19-35-9-6-12-40(35)52(41)57-48(42)30-44(49)53(51)43-26-33(3)18-25-46(43)55(47)37-22-16-32(2)17-23-37/h4-5,7-8,10-11,13-30H,6,9,12H2,1-3H3. The lowest BCUT2D eigenvalue weighted by molar-refractivity contribution is 0.488. The number of ether oxygens (including phenoxy) is 1. The van der Waals surface area contributed by atoms with E-state index in [1.807, 2.05) is 0 Å². The average Bonchev–Trinajstić information content (AvgIpc) is 3.86. The molecule has 57 heavy (non-hydrogen) atoms. The summed E-state index contributed by atoms with van der Waals surface area (Å²) >= 11 is 0. The molecule has 3 heterocycles. The second-order valence-corrected chi connectivity index (χ2v) is 16.2. The number of aryl methyl sites for hydroxylation is 5. The maximum atomic E-state index is 7.27. The van der Waals surface area contributed by atoms with Gasteiger partial charge in [-0.1, -0.05) is 102 Å². The number of nitrogens with zero attached hydrogens (tertiary/aromatic N) is 2. The summed E-state index contributed by atoms with van der Waals surface area (Å²) in [5.41, 5.74) is 18.6. The lowest BCUT2D eigenvalue weighted by Crippen LogP contribution is -2.59. The van der Waals surface area contributed by atoms with Crippen molar-refractivity contribution in [2.24, 2.45) is 0 Å². The Kier molecular flexibility index (Phi) is 6.93. The van der Waals surface area contributed by atoms with Gasteiger partial charge in [-0.25, -0.2) is 0 Å². The molecule has 0 spiro atoms. The molecular formula is C52H39BN2O2. The van der Waals surface area contributed by atoms with Gasteiger partial charge in [0.05, 0.1) is 11.4 Å². The van der Waals surface area contributed by atoms with Crippen molar-refractivity contribution in [3.63, 3.8) is 0 Å². The number of rotatable bonds is 4. The molecule has 0 fully saturated rings. The Morgan fingerprint density at radius 1 is 0.579 bits per heavy atom. The second-order valence-electron chi connectivity index (χ2n) is 16.2. The molecule has 0 radical (unpaired) electrons. The molecular weight excluding hydrogens is 695 g/mol. The van der Waals surface area contributed by atoms with E-state index in [-0.39, 0.29) is 6.71 Å². The Bertz CT molecular complexity index is 3120. The molecule has 8 aromatic carbocycles. The lowest BCUT2D eigenvalue weighted by Gasteiger charge is -2.41. The fourth-order valence-electron chi connectivity index (χ4n) is 9.87. The summed E-state index contributed by atoms with van der Waals surface area (Å²) in [6.07, 6.45) is 3.37. The van der Waals surface area contributed by atoms with Gasteiger partial charge in [0.1, 0.15) is 22.7 Å². The van der Waals surface area contributed by atoms with Crippen molar-refractivity contribution in [2.45, 2.75) is 40.0 Å². The number of furan rings is 1. The maximum Gasteiger partial charge on any atom is 0.256 e. The van der Waals surface area contributed by atoms with E-state index in [1.54, 1.807) is 0 Å². The smallest absolute Gasteiger partial charge is 0.256 e. The Labute approximate surface area is 332 Å². The number of fused-ring (bicyclic) bond motifs is 10. The predicted molar refractivity (Wildman–Crippen MR) is 238 cm³/mol. The molecule has 5 heteroatoms. The monoisotopic (exact) mass is 734 g/mol. The third-order valence-corrected chi connectivity index (χ3v) is 12.6. The Hall–Kier alpha value is -6.72. The zero-order chi connectivity index (χ0) is 37.9. The quantitative estimate of drug-likeness (QED) is 0.168. The van der Waals surface area contributed by atoms with Crippen molar-refractivity contribution < 1.29 is 9.15 Å². The Balaban J connectivity index is 1.16. The summed E-state index contributed by atoms with van der Waals surface area (Å²) < 4.78 is 14.1. The first kappa shape index (κ1) is 32.5. The van der Waals surface area contributed by atoms with E-state index < -0.39 is 0 Å². The van der Waals surface area contributed by atoms with E-state index in [1.165, 1.54) is 67.0 Å². The first-order valence-corrected chi connectivity index (χ1v) is 20.2. The Morgan fingerprint density at radius 3 is 2.23 bits per heavy atom. The maximum absolute atomic E-state index is 7.27. The summed E-state index contributed by atoms with van der Waals surface area (Å²) in [4.78, 5) is 4.85. The fourth-order valence-corrected chi connectivity index (χ4v) is 9.87. The van der Waals surface area contributed by atoms with E-state index in [0.717, 1.165) is 74.8 Å². The highest BCUT2D eigenvalue weighted by molar-refractivity contribution is 6.99.